The topological polar surface area (TPSA) is 57.8 Å². The van der Waals surface area contributed by atoms with Crippen LogP contribution in [-0.4, -0.2) is 24.3 Å². The Labute approximate surface area is 197 Å². The zero-order valence-corrected chi connectivity index (χ0v) is 19.0. The molecule has 4 heterocycles. The lowest BCUT2D eigenvalue weighted by Crippen LogP contribution is -2.02. The third kappa shape index (κ3) is 3.49. The molecule has 0 amide bonds. The second kappa shape index (κ2) is 8.15. The van der Waals surface area contributed by atoms with Crippen molar-refractivity contribution in [3.05, 3.63) is 103 Å². The summed E-state index contributed by atoms with van der Waals surface area (Å²) in [5, 5.41) is 6.69. The highest BCUT2D eigenvalue weighted by molar-refractivity contribution is 6.09. The minimum Gasteiger partial charge on any atom is -0.439 e. The number of rotatable bonds is 5. The van der Waals surface area contributed by atoms with Crippen LogP contribution in [0.1, 0.15) is 25.5 Å². The molecule has 6 aromatic rings. The van der Waals surface area contributed by atoms with Gasteiger partial charge in [-0.3, -0.25) is 4.57 Å². The van der Waals surface area contributed by atoms with E-state index in [1.807, 2.05) is 59.5 Å². The van der Waals surface area contributed by atoms with Gasteiger partial charge < -0.3 is 4.74 Å². The average molecular weight is 446 g/mol. The molecule has 0 saturated carbocycles. The van der Waals surface area contributed by atoms with Gasteiger partial charge in [0.05, 0.1) is 16.7 Å². The molecule has 0 aliphatic heterocycles. The monoisotopic (exact) mass is 445 g/mol. The summed E-state index contributed by atoms with van der Waals surface area (Å²) in [4.78, 5) is 9.37. The van der Waals surface area contributed by atoms with Crippen molar-refractivity contribution in [1.29, 1.82) is 0 Å². The van der Waals surface area contributed by atoms with Crippen LogP contribution in [0.3, 0.4) is 0 Å². The quantitative estimate of drug-likeness (QED) is 0.297. The van der Waals surface area contributed by atoms with Crippen LogP contribution >= 0.6 is 0 Å². The molecule has 2 aromatic carbocycles. The maximum Gasteiger partial charge on any atom is 0.221 e. The van der Waals surface area contributed by atoms with E-state index in [4.69, 9.17) is 9.72 Å². The third-order valence-electron chi connectivity index (χ3n) is 5.91. The van der Waals surface area contributed by atoms with Crippen molar-refractivity contribution in [2.45, 2.75) is 19.8 Å². The Morgan fingerprint density at radius 2 is 1.65 bits per heavy atom. The number of para-hydroxylation sites is 1. The van der Waals surface area contributed by atoms with Crippen molar-refractivity contribution in [2.75, 3.05) is 0 Å². The van der Waals surface area contributed by atoms with Crippen molar-refractivity contribution >= 4 is 21.8 Å². The number of fused-ring (bicyclic) bond motifs is 3. The summed E-state index contributed by atoms with van der Waals surface area (Å²) < 4.78 is 10.3. The van der Waals surface area contributed by atoms with Gasteiger partial charge in [-0.1, -0.05) is 38.1 Å². The van der Waals surface area contributed by atoms with Gasteiger partial charge in [-0.2, -0.15) is 5.10 Å². The molecule has 0 saturated heterocycles. The molecular weight excluding hydrogens is 422 g/mol. The van der Waals surface area contributed by atoms with Crippen molar-refractivity contribution in [1.82, 2.24) is 24.3 Å². The van der Waals surface area contributed by atoms with Crippen molar-refractivity contribution in [2.24, 2.45) is 0 Å². The Bertz CT molecular complexity index is 1600. The lowest BCUT2D eigenvalue weighted by atomic mass is 10.1. The Kier molecular flexibility index (Phi) is 4.84. The summed E-state index contributed by atoms with van der Waals surface area (Å²) in [6, 6.07) is 26.3. The highest BCUT2D eigenvalue weighted by atomic mass is 16.5. The number of hydrogen-bond donors (Lipinski definition) is 0. The zero-order valence-electron chi connectivity index (χ0n) is 19.0. The Morgan fingerprint density at radius 3 is 2.44 bits per heavy atom. The molecule has 0 spiro atoms. The van der Waals surface area contributed by atoms with E-state index in [-0.39, 0.29) is 5.92 Å². The van der Waals surface area contributed by atoms with Crippen LogP contribution in [0.15, 0.2) is 97.5 Å². The minimum absolute atomic E-state index is 0.257. The van der Waals surface area contributed by atoms with E-state index in [2.05, 4.69) is 64.9 Å². The summed E-state index contributed by atoms with van der Waals surface area (Å²) in [7, 11) is 0. The second-order valence-corrected chi connectivity index (χ2v) is 8.52. The molecule has 6 nitrogen and oxygen atoms in total. The van der Waals surface area contributed by atoms with Gasteiger partial charge in [-0.25, -0.2) is 14.6 Å². The lowest BCUT2D eigenvalue weighted by molar-refractivity contribution is 0.459. The van der Waals surface area contributed by atoms with Gasteiger partial charge in [-0.15, -0.1) is 0 Å². The van der Waals surface area contributed by atoms with Crippen molar-refractivity contribution in [3.8, 4) is 23.1 Å². The summed E-state index contributed by atoms with van der Waals surface area (Å²) in [6.45, 7) is 4.24. The molecule has 6 heteroatoms. The Hall–Kier alpha value is -4.45. The highest BCUT2D eigenvalue weighted by Crippen LogP contribution is 2.35. The van der Waals surface area contributed by atoms with Crippen LogP contribution < -0.4 is 4.74 Å². The maximum atomic E-state index is 6.32. The number of hydrogen-bond acceptors (Lipinski definition) is 4. The molecule has 0 aliphatic rings. The van der Waals surface area contributed by atoms with Crippen LogP contribution in [0.4, 0.5) is 0 Å². The van der Waals surface area contributed by atoms with Crippen LogP contribution in [0, 0.1) is 0 Å². The van der Waals surface area contributed by atoms with E-state index in [1.165, 1.54) is 5.39 Å². The Morgan fingerprint density at radius 1 is 0.794 bits per heavy atom. The minimum atomic E-state index is 0.257. The fourth-order valence-electron chi connectivity index (χ4n) is 4.28. The van der Waals surface area contributed by atoms with Gasteiger partial charge in [-0.05, 0) is 48.4 Å². The smallest absolute Gasteiger partial charge is 0.221 e. The van der Waals surface area contributed by atoms with Gasteiger partial charge in [0.1, 0.15) is 11.6 Å². The molecule has 0 bridgehead atoms. The first kappa shape index (κ1) is 20.2. The van der Waals surface area contributed by atoms with Gasteiger partial charge in [0, 0.05) is 47.2 Å². The van der Waals surface area contributed by atoms with Crippen molar-refractivity contribution in [3.63, 3.8) is 0 Å². The first-order valence-electron chi connectivity index (χ1n) is 11.3. The molecule has 0 fully saturated rings. The van der Waals surface area contributed by atoms with E-state index in [1.54, 1.807) is 6.20 Å². The molecule has 0 unspecified atom stereocenters. The highest BCUT2D eigenvalue weighted by Gasteiger charge is 2.15. The van der Waals surface area contributed by atoms with Gasteiger partial charge in [0.15, 0.2) is 0 Å². The fourth-order valence-corrected chi connectivity index (χ4v) is 4.28. The molecule has 166 valence electrons. The largest absolute Gasteiger partial charge is 0.439 e. The molecule has 0 atom stereocenters. The number of nitrogens with zero attached hydrogens (tertiary/aromatic N) is 5. The molecule has 34 heavy (non-hydrogen) atoms. The maximum absolute atomic E-state index is 6.32. The van der Waals surface area contributed by atoms with Gasteiger partial charge in [0.2, 0.25) is 5.88 Å². The third-order valence-corrected chi connectivity index (χ3v) is 5.91. The van der Waals surface area contributed by atoms with Crippen molar-refractivity contribution < 1.29 is 4.74 Å². The lowest BCUT2D eigenvalue weighted by Gasteiger charge is -2.12. The number of ether oxygens (including phenoxy) is 1. The number of pyridine rings is 2. The molecular formula is C28H23N5O. The summed E-state index contributed by atoms with van der Waals surface area (Å²) in [5.74, 6) is 2.38. The summed E-state index contributed by atoms with van der Waals surface area (Å²) >= 11 is 0. The molecule has 0 N–H and O–H groups in total. The molecule has 4 aromatic heterocycles. The van der Waals surface area contributed by atoms with Gasteiger partial charge in [0.25, 0.3) is 0 Å². The van der Waals surface area contributed by atoms with Crippen LogP contribution in [-0.2, 0) is 0 Å². The average Bonchev–Trinajstić information content (AvgIpc) is 3.51. The Balaban J connectivity index is 1.49. The first-order chi connectivity index (χ1) is 16.7. The fraction of sp³-hybridized carbons (Fsp3) is 0.107. The number of aromatic nitrogens is 5. The van der Waals surface area contributed by atoms with E-state index in [9.17, 15) is 0 Å². The molecule has 0 radical (unpaired) electrons. The van der Waals surface area contributed by atoms with Crippen LogP contribution in [0.2, 0.25) is 0 Å². The summed E-state index contributed by atoms with van der Waals surface area (Å²) in [6.07, 6.45) is 5.50. The van der Waals surface area contributed by atoms with E-state index < -0.39 is 0 Å². The van der Waals surface area contributed by atoms with E-state index >= 15 is 0 Å². The normalized spacial score (nSPS) is 11.5. The predicted octanol–water partition coefficient (Wildman–Crippen LogP) is 6.68. The SMILES string of the molecule is CC(C)c1cc(-n2cccn2)cc(Oc2ccc3c4ccccc4n(-c4ccccn4)c3c2)n1. The van der Waals surface area contributed by atoms with Gasteiger partial charge >= 0.3 is 0 Å². The molecule has 0 aliphatic carbocycles. The zero-order chi connectivity index (χ0) is 23.1. The number of benzene rings is 2. The summed E-state index contributed by atoms with van der Waals surface area (Å²) in [5.41, 5.74) is 4.01. The van der Waals surface area contributed by atoms with Crippen LogP contribution in [0.5, 0.6) is 11.6 Å². The predicted molar refractivity (Wildman–Crippen MR) is 134 cm³/mol. The van der Waals surface area contributed by atoms with Crippen LogP contribution in [0.25, 0.3) is 33.3 Å². The first-order valence-corrected chi connectivity index (χ1v) is 11.3. The second-order valence-electron chi connectivity index (χ2n) is 8.52. The van der Waals surface area contributed by atoms with E-state index in [0.717, 1.165) is 33.6 Å². The standard InChI is InChI=1S/C28H23N5O/c1-19(2)24-16-20(32-15-7-14-30-32)17-28(31-24)34-21-11-12-23-22-8-3-4-9-25(22)33(26(23)18-21)27-10-5-6-13-29-27/h3-19H,1-2H3. The molecule has 6 rings (SSSR count). The van der Waals surface area contributed by atoms with E-state index in [0.29, 0.717) is 11.6 Å².